The van der Waals surface area contributed by atoms with E-state index in [2.05, 4.69) is 4.98 Å². The number of carbonyl (C=O) groups excluding carboxylic acids is 1. The zero-order valence-electron chi connectivity index (χ0n) is 12.3. The molecule has 0 amide bonds. The third kappa shape index (κ3) is 2.92. The first kappa shape index (κ1) is 15.1. The summed E-state index contributed by atoms with van der Waals surface area (Å²) < 4.78 is 5.67. The average Bonchev–Trinajstić information content (AvgIpc) is 2.99. The lowest BCUT2D eigenvalue weighted by atomic mass is 10.1. The summed E-state index contributed by atoms with van der Waals surface area (Å²) in [7, 11) is 0. The molecule has 0 radical (unpaired) electrons. The number of rotatable bonds is 4. The topological polar surface area (TPSA) is 65.9 Å². The number of benzene rings is 2. The molecule has 2 aromatic carbocycles. The monoisotopic (exact) mass is 324 g/mol. The summed E-state index contributed by atoms with van der Waals surface area (Å²) in [5, 5.41) is 10.0. The molecule has 1 heterocycles. The third-order valence-electron chi connectivity index (χ3n) is 3.59. The van der Waals surface area contributed by atoms with Gasteiger partial charge in [0.25, 0.3) is 0 Å². The zero-order chi connectivity index (χ0) is 16.4. The molecule has 4 nitrogen and oxygen atoms in total. The summed E-state index contributed by atoms with van der Waals surface area (Å²) in [6.45, 7) is 1.68. The first-order valence-corrected chi connectivity index (χ1v) is 7.44. The van der Waals surface area contributed by atoms with E-state index in [0.717, 1.165) is 10.9 Å². The van der Waals surface area contributed by atoms with Gasteiger partial charge in [-0.3, -0.25) is 4.79 Å². The van der Waals surface area contributed by atoms with Gasteiger partial charge in [-0.2, -0.15) is 5.26 Å². The fraction of sp³-hybridized carbons (Fsp3) is 0.111. The van der Waals surface area contributed by atoms with Crippen molar-refractivity contribution >= 4 is 28.3 Å². The highest BCUT2D eigenvalue weighted by atomic mass is 35.5. The van der Waals surface area contributed by atoms with Crippen molar-refractivity contribution in [1.82, 2.24) is 4.98 Å². The molecule has 3 aromatic rings. The molecular formula is C18H13ClN2O2. The number of fused-ring (bicyclic) bond motifs is 1. The number of nitrogens with zero attached hydrogens (tertiary/aromatic N) is 1. The second-order valence-corrected chi connectivity index (χ2v) is 5.54. The van der Waals surface area contributed by atoms with Crippen LogP contribution >= 0.6 is 11.6 Å². The Labute approximate surface area is 138 Å². The van der Waals surface area contributed by atoms with Gasteiger partial charge in [-0.25, -0.2) is 0 Å². The Bertz CT molecular complexity index is 924. The molecule has 1 N–H and O–H groups in total. The van der Waals surface area contributed by atoms with Gasteiger partial charge in [-0.15, -0.1) is 0 Å². The van der Waals surface area contributed by atoms with Crippen LogP contribution in [0, 0.1) is 11.3 Å². The SMILES string of the molecule is C[C@H](Oc1ccc(C#N)cc1Cl)C(=O)c1c[nH]c2ccccc12. The number of H-pyrrole nitrogens is 1. The van der Waals surface area contributed by atoms with Crippen LogP contribution in [0.1, 0.15) is 22.8 Å². The van der Waals surface area contributed by atoms with Gasteiger partial charge in [0.2, 0.25) is 5.78 Å². The van der Waals surface area contributed by atoms with Crippen molar-refractivity contribution < 1.29 is 9.53 Å². The van der Waals surface area contributed by atoms with Gasteiger partial charge in [0, 0.05) is 22.7 Å². The summed E-state index contributed by atoms with van der Waals surface area (Å²) in [6, 6.07) is 14.3. The van der Waals surface area contributed by atoms with Crippen LogP contribution in [0.5, 0.6) is 5.75 Å². The van der Waals surface area contributed by atoms with E-state index in [1.807, 2.05) is 30.3 Å². The lowest BCUT2D eigenvalue weighted by molar-refractivity contribution is 0.0820. The van der Waals surface area contributed by atoms with Crippen molar-refractivity contribution in [2.75, 3.05) is 0 Å². The Morgan fingerprint density at radius 3 is 2.83 bits per heavy atom. The van der Waals surface area contributed by atoms with Crippen molar-refractivity contribution in [3.63, 3.8) is 0 Å². The molecule has 0 aliphatic rings. The number of Topliss-reactive ketones (excluding diaryl/α,β-unsaturated/α-hetero) is 1. The zero-order valence-corrected chi connectivity index (χ0v) is 13.1. The number of hydrogen-bond donors (Lipinski definition) is 1. The predicted molar refractivity (Wildman–Crippen MR) is 88.9 cm³/mol. The second-order valence-electron chi connectivity index (χ2n) is 5.13. The first-order chi connectivity index (χ1) is 11.1. The number of ether oxygens (including phenoxy) is 1. The van der Waals surface area contributed by atoms with Crippen LogP contribution < -0.4 is 4.74 Å². The molecule has 0 saturated heterocycles. The number of aromatic nitrogens is 1. The summed E-state index contributed by atoms with van der Waals surface area (Å²) in [6.07, 6.45) is 0.993. The minimum atomic E-state index is -0.695. The number of carbonyl (C=O) groups is 1. The number of nitriles is 1. The molecular weight excluding hydrogens is 312 g/mol. The molecule has 0 bridgehead atoms. The van der Waals surface area contributed by atoms with Gasteiger partial charge in [-0.05, 0) is 31.2 Å². The molecule has 3 rings (SSSR count). The van der Waals surface area contributed by atoms with E-state index in [0.29, 0.717) is 21.9 Å². The lowest BCUT2D eigenvalue weighted by Gasteiger charge is -2.14. The van der Waals surface area contributed by atoms with Crippen LogP contribution in [0.15, 0.2) is 48.7 Å². The minimum absolute atomic E-state index is 0.136. The maximum absolute atomic E-state index is 12.6. The minimum Gasteiger partial charge on any atom is -0.481 e. The molecule has 23 heavy (non-hydrogen) atoms. The number of hydrogen-bond acceptors (Lipinski definition) is 3. The lowest BCUT2D eigenvalue weighted by Crippen LogP contribution is -2.23. The van der Waals surface area contributed by atoms with Crippen molar-refractivity contribution in [1.29, 1.82) is 5.26 Å². The van der Waals surface area contributed by atoms with Gasteiger partial charge in [0.1, 0.15) is 5.75 Å². The van der Waals surface area contributed by atoms with Crippen LogP contribution in [-0.4, -0.2) is 16.9 Å². The largest absolute Gasteiger partial charge is 0.481 e. The Balaban J connectivity index is 1.84. The highest BCUT2D eigenvalue weighted by Crippen LogP contribution is 2.27. The molecule has 1 aromatic heterocycles. The smallest absolute Gasteiger partial charge is 0.205 e. The van der Waals surface area contributed by atoms with Gasteiger partial charge in [0.15, 0.2) is 6.10 Å². The van der Waals surface area contributed by atoms with E-state index < -0.39 is 6.10 Å². The van der Waals surface area contributed by atoms with Crippen LogP contribution in [0.3, 0.4) is 0 Å². The summed E-state index contributed by atoms with van der Waals surface area (Å²) in [5.74, 6) is 0.245. The van der Waals surface area contributed by atoms with E-state index in [-0.39, 0.29) is 5.78 Å². The molecule has 5 heteroatoms. The quantitative estimate of drug-likeness (QED) is 0.726. The Morgan fingerprint density at radius 1 is 1.30 bits per heavy atom. The van der Waals surface area contributed by atoms with E-state index in [4.69, 9.17) is 21.6 Å². The highest BCUT2D eigenvalue weighted by molar-refractivity contribution is 6.32. The normalized spacial score (nSPS) is 11.9. The molecule has 0 aliphatic carbocycles. The maximum Gasteiger partial charge on any atom is 0.205 e. The van der Waals surface area contributed by atoms with Gasteiger partial charge >= 0.3 is 0 Å². The number of nitrogens with one attached hydrogen (secondary N) is 1. The van der Waals surface area contributed by atoms with E-state index in [1.54, 1.807) is 25.3 Å². The number of halogens is 1. The molecule has 1 atom stereocenters. The van der Waals surface area contributed by atoms with Crippen molar-refractivity contribution in [2.45, 2.75) is 13.0 Å². The van der Waals surface area contributed by atoms with Gasteiger partial charge < -0.3 is 9.72 Å². The summed E-state index contributed by atoms with van der Waals surface area (Å²) in [4.78, 5) is 15.7. The third-order valence-corrected chi connectivity index (χ3v) is 3.88. The Kier molecular flexibility index (Phi) is 4.05. The highest BCUT2D eigenvalue weighted by Gasteiger charge is 2.21. The van der Waals surface area contributed by atoms with Crippen LogP contribution in [0.25, 0.3) is 10.9 Å². The molecule has 0 saturated carbocycles. The van der Waals surface area contributed by atoms with Crippen LogP contribution in [-0.2, 0) is 0 Å². The van der Waals surface area contributed by atoms with Crippen LogP contribution in [0.4, 0.5) is 0 Å². The Hall–Kier alpha value is -2.77. The van der Waals surface area contributed by atoms with Crippen molar-refractivity contribution in [3.05, 3.63) is 64.8 Å². The Morgan fingerprint density at radius 2 is 2.09 bits per heavy atom. The number of para-hydroxylation sites is 1. The standard InChI is InChI=1S/C18H13ClN2O2/c1-11(23-17-7-6-12(9-20)8-15(17)19)18(22)14-10-21-16-5-3-2-4-13(14)16/h2-8,10-11,21H,1H3/t11-/m0/s1. The van der Waals surface area contributed by atoms with Gasteiger partial charge in [-0.1, -0.05) is 29.8 Å². The molecule has 0 aliphatic heterocycles. The second kappa shape index (κ2) is 6.15. The van der Waals surface area contributed by atoms with E-state index >= 15 is 0 Å². The molecule has 0 spiro atoms. The van der Waals surface area contributed by atoms with Gasteiger partial charge in [0.05, 0.1) is 16.7 Å². The number of aromatic amines is 1. The number of ketones is 1. The fourth-order valence-corrected chi connectivity index (χ4v) is 2.63. The van der Waals surface area contributed by atoms with Crippen molar-refractivity contribution in [2.24, 2.45) is 0 Å². The van der Waals surface area contributed by atoms with Crippen LogP contribution in [0.2, 0.25) is 5.02 Å². The molecule has 0 fully saturated rings. The van der Waals surface area contributed by atoms with Crippen molar-refractivity contribution in [3.8, 4) is 11.8 Å². The summed E-state index contributed by atoms with van der Waals surface area (Å²) >= 11 is 6.08. The van der Waals surface area contributed by atoms with E-state index in [1.165, 1.54) is 6.07 Å². The maximum atomic E-state index is 12.6. The average molecular weight is 325 g/mol. The molecule has 114 valence electrons. The predicted octanol–water partition coefficient (Wildman–Crippen LogP) is 4.34. The molecule has 0 unspecified atom stereocenters. The fourth-order valence-electron chi connectivity index (χ4n) is 2.40. The van der Waals surface area contributed by atoms with E-state index in [9.17, 15) is 4.79 Å². The first-order valence-electron chi connectivity index (χ1n) is 7.07. The summed E-state index contributed by atoms with van der Waals surface area (Å²) in [5.41, 5.74) is 1.93.